The zero-order valence-electron chi connectivity index (χ0n) is 35.4. The van der Waals surface area contributed by atoms with Crippen LogP contribution in [0.2, 0.25) is 69.5 Å². The zero-order valence-corrected chi connectivity index (χ0v) is 42.4. The standard InChI is InChI=1S/C6H17NSi.C4H13NO3Si.3C4H13NO2Si.4CH4O.2O2Si/c1-8(2,3)6-4-5-7;1-8-9(6,7)4-2-3-5;3*1-8(6,7)4-2-3-5;4*1-2;2*1-3-2/h4-7H2,1-3H3;6-7H,2-5H2,1H3;3*6-7H,2-5H2,1H3;4*2H,1H3;;. The van der Waals surface area contributed by atoms with Gasteiger partial charge in [-0.25, -0.2) is 0 Å². The molecule has 0 aliphatic carbocycles. The van der Waals surface area contributed by atoms with Gasteiger partial charge in [0.2, 0.25) is 0 Å². The van der Waals surface area contributed by atoms with Gasteiger partial charge in [0.1, 0.15) is 0 Å². The number of aliphatic hydroxyl groups is 4. The van der Waals surface area contributed by atoms with Gasteiger partial charge in [-0.3, -0.25) is 17.8 Å². The summed E-state index contributed by atoms with van der Waals surface area (Å²) < 4.78 is 38.0. The number of hydrogen-bond donors (Lipinski definition) is 17. The third kappa shape index (κ3) is 186. The average Bonchev–Trinajstić information content (AvgIpc) is 3.11. The second kappa shape index (κ2) is 65.8. The lowest BCUT2D eigenvalue weighted by molar-refractivity contribution is 0.184. The van der Waals surface area contributed by atoms with Crippen LogP contribution in [-0.2, 0) is 22.3 Å². The second-order valence-electron chi connectivity index (χ2n) is 11.8. The van der Waals surface area contributed by atoms with Crippen molar-refractivity contribution in [1.82, 2.24) is 0 Å². The largest absolute Gasteiger partial charge is 0.549 e. The molecule has 0 saturated carbocycles. The first-order valence-electron chi connectivity index (χ1n) is 16.8. The molecule has 0 aromatic rings. The highest BCUT2D eigenvalue weighted by atomic mass is 28.4. The zero-order chi connectivity index (χ0) is 47.2. The molecule has 0 atom stereocenters. The Morgan fingerprint density at radius 2 is 0.564 bits per heavy atom. The van der Waals surface area contributed by atoms with Crippen LogP contribution in [0.4, 0.5) is 0 Å². The maximum absolute atomic E-state index is 8.87. The summed E-state index contributed by atoms with van der Waals surface area (Å²) >= 11 is 0. The third-order valence-corrected chi connectivity index (χ3v) is 12.1. The molecule has 0 fully saturated rings. The number of hydrogen-bond acceptors (Lipinski definition) is 22. The molecule has 0 aliphatic rings. The molecule has 0 unspecified atom stereocenters. The van der Waals surface area contributed by atoms with Crippen LogP contribution in [0.1, 0.15) is 32.1 Å². The molecular weight excluding hydrogens is 851 g/mol. The second-order valence-corrected chi connectivity index (χ2v) is 28.9. The molecule has 0 aromatic heterocycles. The number of aliphatic hydroxyl groups excluding tert-OH is 4. The fraction of sp³-hybridized carbons (Fsp3) is 1.00. The van der Waals surface area contributed by atoms with Crippen LogP contribution in [0.25, 0.3) is 0 Å². The summed E-state index contributed by atoms with van der Waals surface area (Å²) in [6.07, 6.45) is 3.98. The average molecular weight is 937 g/mol. The van der Waals surface area contributed by atoms with E-state index in [2.05, 4.69) is 24.1 Å². The third-order valence-electron chi connectivity index (χ3n) is 4.73. The van der Waals surface area contributed by atoms with Crippen molar-refractivity contribution >= 4 is 61.1 Å². The highest BCUT2D eigenvalue weighted by Gasteiger charge is 2.29. The fourth-order valence-electron chi connectivity index (χ4n) is 2.38. The minimum atomic E-state index is -3.28. The van der Waals surface area contributed by atoms with Crippen LogP contribution in [0, 0.1) is 0 Å². The van der Waals surface area contributed by atoms with Crippen molar-refractivity contribution in [2.75, 3.05) is 68.3 Å². The molecule has 22 nitrogen and oxygen atoms in total. The molecule has 0 radical (unpaired) electrons. The molecule has 0 rings (SSSR count). The Kier molecular flexibility index (Phi) is 99.2. The molecule has 22 N–H and O–H groups in total. The van der Waals surface area contributed by atoms with E-state index in [4.69, 9.17) is 105 Å². The minimum Gasteiger partial charge on any atom is -0.411 e. The SMILES string of the molecule is CO.CO.CO.CO.CO[Si](O)(O)CCCN.C[Si](C)(C)CCCN.C[Si](O)(O)CCCN.C[Si](O)(O)CCCN.C[Si](O)(O)CCCN.O=[Si]=O.O=[Si]=O. The lowest BCUT2D eigenvalue weighted by atomic mass is 10.5. The highest BCUT2D eigenvalue weighted by Crippen LogP contribution is 2.09. The number of nitrogens with two attached hydrogens (primary N) is 5. The summed E-state index contributed by atoms with van der Waals surface area (Å²) in [4.78, 5) is 70.5. The van der Waals surface area contributed by atoms with Gasteiger partial charge >= 0.3 is 53.1 Å². The van der Waals surface area contributed by atoms with E-state index in [1.54, 1.807) is 0 Å². The molecule has 29 heteroatoms. The fourth-order valence-corrected chi connectivity index (χ4v) is 7.13. The van der Waals surface area contributed by atoms with Crippen LogP contribution in [0.3, 0.4) is 0 Å². The van der Waals surface area contributed by atoms with E-state index < -0.39 is 61.1 Å². The highest BCUT2D eigenvalue weighted by molar-refractivity contribution is 6.76. The Bertz CT molecular complexity index is 629. The normalized spacial score (nSPS) is 9.67. The van der Waals surface area contributed by atoms with Crippen LogP contribution in [0.5, 0.6) is 0 Å². The van der Waals surface area contributed by atoms with Gasteiger partial charge in [-0.05, 0) is 103 Å². The first-order chi connectivity index (χ1) is 25.2. The summed E-state index contributed by atoms with van der Waals surface area (Å²) in [5.74, 6) is 0. The minimum absolute atomic E-state index is 0.292. The van der Waals surface area contributed by atoms with Gasteiger partial charge in [0.25, 0.3) is 0 Å². The maximum Gasteiger partial charge on any atom is 0.549 e. The van der Waals surface area contributed by atoms with E-state index in [-0.39, 0.29) is 0 Å². The molecular formula is C26H85N5O17Si7. The van der Waals surface area contributed by atoms with Crippen molar-refractivity contribution < 1.29 is 81.1 Å². The lowest BCUT2D eigenvalue weighted by Gasteiger charge is -2.13. The van der Waals surface area contributed by atoms with E-state index in [9.17, 15) is 0 Å². The first-order valence-corrected chi connectivity index (χ1v) is 32.0. The van der Waals surface area contributed by atoms with Crippen LogP contribution < -0.4 is 28.7 Å². The monoisotopic (exact) mass is 935 g/mol. The Labute approximate surface area is 339 Å². The predicted octanol–water partition coefficient (Wildman–Crippen LogP) is -4.05. The van der Waals surface area contributed by atoms with Crippen LogP contribution >= 0.6 is 0 Å². The van der Waals surface area contributed by atoms with E-state index in [1.807, 2.05) is 0 Å². The molecule has 0 aromatic carbocycles. The van der Waals surface area contributed by atoms with E-state index in [0.717, 1.165) is 54.2 Å². The van der Waals surface area contributed by atoms with Gasteiger partial charge < -0.3 is 91.9 Å². The molecule has 55 heavy (non-hydrogen) atoms. The van der Waals surface area contributed by atoms with Crippen molar-refractivity contribution in [3.63, 3.8) is 0 Å². The number of rotatable bonds is 16. The van der Waals surface area contributed by atoms with Crippen molar-refractivity contribution in [3.05, 3.63) is 0 Å². The van der Waals surface area contributed by atoms with Crippen molar-refractivity contribution in [2.45, 2.75) is 102 Å². The molecule has 344 valence electrons. The molecule has 0 heterocycles. The lowest BCUT2D eigenvalue weighted by Crippen LogP contribution is -2.37. The first kappa shape index (κ1) is 82.8. The molecule has 0 aliphatic heterocycles. The van der Waals surface area contributed by atoms with Crippen molar-refractivity contribution in [2.24, 2.45) is 28.7 Å². The molecule has 0 bridgehead atoms. The summed E-state index contributed by atoms with van der Waals surface area (Å²) in [5, 5.41) is 28.0. The maximum atomic E-state index is 8.87. The summed E-state index contributed by atoms with van der Waals surface area (Å²) in [5.41, 5.74) is 25.9. The quantitative estimate of drug-likeness (QED) is 0.0655. The molecule has 0 amide bonds. The van der Waals surface area contributed by atoms with Crippen LogP contribution in [-0.4, -0.2) is 188 Å². The summed E-state index contributed by atoms with van der Waals surface area (Å²) in [6, 6.07) is 3.14. The molecule has 0 spiro atoms. The van der Waals surface area contributed by atoms with Gasteiger partial charge in [0.15, 0.2) is 0 Å². The Balaban J connectivity index is -0.0000000451. The predicted molar refractivity (Wildman–Crippen MR) is 228 cm³/mol. The van der Waals surface area contributed by atoms with Gasteiger partial charge in [0, 0.05) is 49.7 Å². The van der Waals surface area contributed by atoms with Gasteiger partial charge in [-0.1, -0.05) is 25.7 Å². The van der Waals surface area contributed by atoms with Gasteiger partial charge in [-0.15, -0.1) is 0 Å². The van der Waals surface area contributed by atoms with E-state index in [0.29, 0.717) is 56.8 Å². The Morgan fingerprint density at radius 3 is 0.655 bits per heavy atom. The smallest absolute Gasteiger partial charge is 0.411 e. The van der Waals surface area contributed by atoms with Gasteiger partial charge in [-0.2, -0.15) is 0 Å². The van der Waals surface area contributed by atoms with Crippen molar-refractivity contribution in [1.29, 1.82) is 0 Å². The van der Waals surface area contributed by atoms with E-state index >= 15 is 0 Å². The Hall–Kier alpha value is -0.00182. The van der Waals surface area contributed by atoms with Crippen molar-refractivity contribution in [3.8, 4) is 0 Å². The van der Waals surface area contributed by atoms with E-state index in [1.165, 1.54) is 39.2 Å². The Morgan fingerprint density at radius 1 is 0.400 bits per heavy atom. The summed E-state index contributed by atoms with van der Waals surface area (Å²) in [6.45, 7) is 14.6. The van der Waals surface area contributed by atoms with Crippen LogP contribution in [0.15, 0.2) is 0 Å². The van der Waals surface area contributed by atoms with Gasteiger partial charge in [0.05, 0.1) is 0 Å². The summed E-state index contributed by atoms with van der Waals surface area (Å²) in [7, 11) is -9.85. The topological polar surface area (TPSA) is 450 Å². The molecule has 0 saturated heterocycles.